The van der Waals surface area contributed by atoms with Crippen molar-refractivity contribution in [1.29, 1.82) is 0 Å². The molecule has 2 saturated heterocycles. The maximum absolute atomic E-state index is 13.4. The first-order valence-corrected chi connectivity index (χ1v) is 14.0. The lowest BCUT2D eigenvalue weighted by atomic mass is 9.93. The highest BCUT2D eigenvalue weighted by atomic mass is 32.2. The summed E-state index contributed by atoms with van der Waals surface area (Å²) in [6.07, 6.45) is 4.97. The van der Waals surface area contributed by atoms with E-state index in [0.717, 1.165) is 59.4 Å². The van der Waals surface area contributed by atoms with Crippen LogP contribution < -0.4 is 4.90 Å². The molecule has 0 radical (unpaired) electrons. The van der Waals surface area contributed by atoms with Crippen LogP contribution in [0.4, 0.5) is 5.69 Å². The number of piperidine rings is 1. The van der Waals surface area contributed by atoms with Gasteiger partial charge in [-0.1, -0.05) is 30.3 Å². The smallest absolute Gasteiger partial charge is 0.243 e. The van der Waals surface area contributed by atoms with Crippen molar-refractivity contribution in [3.05, 3.63) is 66.7 Å². The molecule has 0 amide bonds. The fourth-order valence-corrected chi connectivity index (χ4v) is 6.84. The van der Waals surface area contributed by atoms with Crippen molar-refractivity contribution in [2.24, 2.45) is 0 Å². The van der Waals surface area contributed by atoms with Crippen LogP contribution in [0.5, 0.6) is 0 Å². The number of sulfonamides is 1. The van der Waals surface area contributed by atoms with Crippen molar-refractivity contribution >= 4 is 37.5 Å². The number of rotatable bonds is 4. The van der Waals surface area contributed by atoms with Crippen LogP contribution in [-0.2, 0) is 10.0 Å². The number of piperazine rings is 1. The largest absolute Gasteiger partial charge is 0.368 e. The van der Waals surface area contributed by atoms with Crippen LogP contribution in [0.1, 0.15) is 24.5 Å². The van der Waals surface area contributed by atoms with Crippen molar-refractivity contribution < 1.29 is 8.42 Å². The van der Waals surface area contributed by atoms with Crippen LogP contribution in [0.15, 0.2) is 66.0 Å². The normalized spacial score (nSPS) is 18.8. The molecule has 0 bridgehead atoms. The Labute approximate surface area is 211 Å². The summed E-state index contributed by atoms with van der Waals surface area (Å²) in [4.78, 5) is 18.9. The Morgan fingerprint density at radius 1 is 0.833 bits per heavy atom. The number of benzene rings is 2. The van der Waals surface area contributed by atoms with Gasteiger partial charge >= 0.3 is 0 Å². The zero-order valence-electron chi connectivity index (χ0n) is 20.4. The Morgan fingerprint density at radius 3 is 2.36 bits per heavy atom. The molecule has 0 saturated carbocycles. The van der Waals surface area contributed by atoms with Gasteiger partial charge in [0.15, 0.2) is 0 Å². The number of pyridine rings is 1. The average Bonchev–Trinajstić information content (AvgIpc) is 2.92. The maximum Gasteiger partial charge on any atom is 0.243 e. The Hall–Kier alpha value is -3.14. The summed E-state index contributed by atoms with van der Waals surface area (Å²) in [5, 5.41) is 1.97. The quantitative estimate of drug-likeness (QED) is 0.422. The van der Waals surface area contributed by atoms with Crippen LogP contribution in [-0.4, -0.2) is 78.9 Å². The highest BCUT2D eigenvalue weighted by Crippen LogP contribution is 2.33. The lowest BCUT2D eigenvalue weighted by molar-refractivity contribution is 0.313. The van der Waals surface area contributed by atoms with E-state index in [0.29, 0.717) is 30.8 Å². The second-order valence-electron chi connectivity index (χ2n) is 9.80. The number of fused-ring (bicyclic) bond motifs is 2. The minimum atomic E-state index is -3.55. The van der Waals surface area contributed by atoms with E-state index in [2.05, 4.69) is 32.9 Å². The third kappa shape index (κ3) is 4.31. The molecule has 0 aliphatic carbocycles. The Bertz CT molecular complexity index is 1510. The van der Waals surface area contributed by atoms with Gasteiger partial charge in [-0.25, -0.2) is 18.4 Å². The predicted molar refractivity (Wildman–Crippen MR) is 142 cm³/mol. The summed E-state index contributed by atoms with van der Waals surface area (Å²) in [7, 11) is -1.40. The first-order chi connectivity index (χ1) is 17.5. The number of hydrogen-bond acceptors (Lipinski definition) is 7. The molecule has 36 heavy (non-hydrogen) atoms. The van der Waals surface area contributed by atoms with Crippen LogP contribution in [0.25, 0.3) is 21.8 Å². The Balaban J connectivity index is 1.20. The number of hydrogen-bond donors (Lipinski definition) is 0. The molecule has 0 unspecified atom stereocenters. The fraction of sp³-hybridized carbons (Fsp3) is 0.370. The lowest BCUT2D eigenvalue weighted by Gasteiger charge is -2.34. The molecule has 0 atom stereocenters. The van der Waals surface area contributed by atoms with Crippen LogP contribution in [0.3, 0.4) is 0 Å². The van der Waals surface area contributed by atoms with Crippen LogP contribution in [0.2, 0.25) is 0 Å². The van der Waals surface area contributed by atoms with Gasteiger partial charge in [0.2, 0.25) is 10.0 Å². The molecule has 9 heteroatoms. The summed E-state index contributed by atoms with van der Waals surface area (Å²) in [6.45, 7) is 4.95. The topological polar surface area (TPSA) is 82.5 Å². The molecule has 2 aromatic carbocycles. The highest BCUT2D eigenvalue weighted by Gasteiger charge is 2.31. The van der Waals surface area contributed by atoms with E-state index in [1.54, 1.807) is 22.8 Å². The second kappa shape index (κ2) is 9.38. The van der Waals surface area contributed by atoms with E-state index in [9.17, 15) is 8.42 Å². The van der Waals surface area contributed by atoms with Crippen LogP contribution >= 0.6 is 0 Å². The van der Waals surface area contributed by atoms with E-state index < -0.39 is 10.0 Å². The van der Waals surface area contributed by atoms with E-state index in [1.807, 2.05) is 36.5 Å². The minimum Gasteiger partial charge on any atom is -0.368 e. The number of nitrogens with zero attached hydrogens (tertiary/aromatic N) is 6. The lowest BCUT2D eigenvalue weighted by Crippen LogP contribution is -2.44. The van der Waals surface area contributed by atoms with Crippen LogP contribution in [0, 0.1) is 0 Å². The zero-order chi connectivity index (χ0) is 24.7. The molecular formula is C27H30N6O2S. The Morgan fingerprint density at radius 2 is 1.58 bits per heavy atom. The van der Waals surface area contributed by atoms with Gasteiger partial charge in [0, 0.05) is 45.2 Å². The molecule has 8 nitrogen and oxygen atoms in total. The molecule has 4 heterocycles. The average molecular weight is 503 g/mol. The number of anilines is 1. The van der Waals surface area contributed by atoms with Crippen molar-refractivity contribution in [3.8, 4) is 0 Å². The minimum absolute atomic E-state index is 0.153. The number of likely N-dealkylation sites (N-methyl/N-ethyl adjacent to an activating group) is 1. The third-order valence-corrected chi connectivity index (χ3v) is 9.45. The van der Waals surface area contributed by atoms with Gasteiger partial charge in [-0.3, -0.25) is 4.98 Å². The summed E-state index contributed by atoms with van der Waals surface area (Å²) >= 11 is 0. The molecule has 2 fully saturated rings. The standard InChI is InChI=1S/C27H30N6O2S/c1-31-12-14-32(15-13-31)23-17-25-27(28-18-23)26(30-19-29-25)21-8-10-33(11-9-21)36(34,35)24-7-6-20-4-2-3-5-22(20)16-24/h2-7,16-19,21H,8-15H2,1H3. The zero-order valence-corrected chi connectivity index (χ0v) is 21.2. The molecule has 2 aliphatic heterocycles. The molecule has 186 valence electrons. The van der Waals surface area contributed by atoms with Crippen molar-refractivity contribution in [2.45, 2.75) is 23.7 Å². The Kier molecular flexibility index (Phi) is 6.07. The first-order valence-electron chi connectivity index (χ1n) is 12.5. The number of aromatic nitrogens is 3. The summed E-state index contributed by atoms with van der Waals surface area (Å²) in [5.74, 6) is 0.153. The van der Waals surface area contributed by atoms with Gasteiger partial charge in [0.1, 0.15) is 11.8 Å². The molecule has 6 rings (SSSR count). The monoisotopic (exact) mass is 502 g/mol. The first kappa shape index (κ1) is 23.3. The van der Waals surface area contributed by atoms with Crippen molar-refractivity contribution in [1.82, 2.24) is 24.2 Å². The molecule has 4 aromatic rings. The molecule has 2 aliphatic rings. The van der Waals surface area contributed by atoms with E-state index in [-0.39, 0.29) is 5.92 Å². The molecular weight excluding hydrogens is 472 g/mol. The maximum atomic E-state index is 13.4. The predicted octanol–water partition coefficient (Wildman–Crippen LogP) is 3.50. The van der Waals surface area contributed by atoms with Gasteiger partial charge in [-0.05, 0) is 48.9 Å². The summed E-state index contributed by atoms with van der Waals surface area (Å²) in [6, 6.07) is 15.3. The van der Waals surface area contributed by atoms with Gasteiger partial charge < -0.3 is 9.80 Å². The van der Waals surface area contributed by atoms with E-state index >= 15 is 0 Å². The third-order valence-electron chi connectivity index (χ3n) is 7.56. The van der Waals surface area contributed by atoms with E-state index in [4.69, 9.17) is 4.98 Å². The molecule has 0 N–H and O–H groups in total. The SMILES string of the molecule is CN1CCN(c2cnc3c(C4CCN(S(=O)(=O)c5ccc6ccccc6c5)CC4)ncnc3c2)CC1. The molecule has 0 spiro atoms. The van der Waals surface area contributed by atoms with Crippen molar-refractivity contribution in [3.63, 3.8) is 0 Å². The fourth-order valence-electron chi connectivity index (χ4n) is 5.34. The molecule has 2 aromatic heterocycles. The van der Waals surface area contributed by atoms with Gasteiger partial charge in [-0.2, -0.15) is 4.31 Å². The summed E-state index contributed by atoms with van der Waals surface area (Å²) in [5.41, 5.74) is 3.69. The van der Waals surface area contributed by atoms with Gasteiger partial charge in [-0.15, -0.1) is 0 Å². The van der Waals surface area contributed by atoms with E-state index in [1.165, 1.54) is 0 Å². The highest BCUT2D eigenvalue weighted by molar-refractivity contribution is 7.89. The summed E-state index contributed by atoms with van der Waals surface area (Å²) < 4.78 is 28.4. The van der Waals surface area contributed by atoms with Gasteiger partial charge in [0.25, 0.3) is 0 Å². The second-order valence-corrected chi connectivity index (χ2v) is 11.7. The van der Waals surface area contributed by atoms with Gasteiger partial charge in [0.05, 0.1) is 28.0 Å². The van der Waals surface area contributed by atoms with Crippen molar-refractivity contribution in [2.75, 3.05) is 51.2 Å².